The van der Waals surface area contributed by atoms with Gasteiger partial charge in [0.25, 0.3) is 0 Å². The number of carboxylic acids is 1. The van der Waals surface area contributed by atoms with Crippen molar-refractivity contribution in [1.29, 1.82) is 0 Å². The van der Waals surface area contributed by atoms with Crippen LogP contribution in [-0.2, 0) is 14.3 Å². The maximum Gasteiger partial charge on any atom is 0.320 e. The Kier molecular flexibility index (Phi) is 6.80. The van der Waals surface area contributed by atoms with Crippen LogP contribution < -0.4 is 5.32 Å². The number of rotatable bonds is 7. The molecule has 1 heterocycles. The van der Waals surface area contributed by atoms with Gasteiger partial charge in [-0.3, -0.25) is 14.5 Å². The van der Waals surface area contributed by atoms with E-state index in [0.717, 1.165) is 25.9 Å². The van der Waals surface area contributed by atoms with Crippen LogP contribution in [0.4, 0.5) is 0 Å². The molecule has 0 aromatic heterocycles. The van der Waals surface area contributed by atoms with E-state index in [1.165, 1.54) is 0 Å². The quantitative estimate of drug-likeness (QED) is 0.650. The summed E-state index contributed by atoms with van der Waals surface area (Å²) in [5, 5.41) is 11.5. The van der Waals surface area contributed by atoms with Crippen LogP contribution >= 0.6 is 0 Å². The van der Waals surface area contributed by atoms with E-state index in [4.69, 9.17) is 9.84 Å². The third kappa shape index (κ3) is 7.12. The zero-order valence-corrected chi connectivity index (χ0v) is 11.7. The average molecular weight is 272 g/mol. The molecule has 0 aliphatic carbocycles. The van der Waals surface area contributed by atoms with E-state index in [0.29, 0.717) is 19.0 Å². The number of nitrogens with zero attached hydrogens (tertiary/aromatic N) is 1. The normalized spacial score (nSPS) is 20.5. The summed E-state index contributed by atoms with van der Waals surface area (Å²) in [6, 6.07) is 0. The Morgan fingerprint density at radius 3 is 2.84 bits per heavy atom. The number of nitrogens with one attached hydrogen (secondary N) is 1. The summed E-state index contributed by atoms with van der Waals surface area (Å²) in [5.74, 6) is -0.623. The fraction of sp³-hybridized carbons (Fsp3) is 0.846. The second-order valence-corrected chi connectivity index (χ2v) is 5.31. The maximum absolute atomic E-state index is 11.6. The van der Waals surface area contributed by atoms with Crippen molar-refractivity contribution in [2.45, 2.75) is 32.8 Å². The molecule has 1 aliphatic heterocycles. The minimum Gasteiger partial charge on any atom is -0.480 e. The Hall–Kier alpha value is -1.14. The Morgan fingerprint density at radius 1 is 1.47 bits per heavy atom. The number of hydrogen-bond donors (Lipinski definition) is 2. The largest absolute Gasteiger partial charge is 0.480 e. The maximum atomic E-state index is 11.6. The molecular weight excluding hydrogens is 248 g/mol. The third-order valence-corrected chi connectivity index (χ3v) is 3.03. The van der Waals surface area contributed by atoms with E-state index < -0.39 is 5.97 Å². The average Bonchev–Trinajstić information content (AvgIpc) is 2.27. The van der Waals surface area contributed by atoms with Gasteiger partial charge in [-0.05, 0) is 45.7 Å². The van der Waals surface area contributed by atoms with E-state index in [1.54, 1.807) is 0 Å². The zero-order chi connectivity index (χ0) is 14.3. The molecule has 2 N–H and O–H groups in total. The number of hydrogen-bond acceptors (Lipinski definition) is 5. The lowest BCUT2D eigenvalue weighted by atomic mass is 9.98. The molecule has 19 heavy (non-hydrogen) atoms. The van der Waals surface area contributed by atoms with E-state index in [-0.39, 0.29) is 18.6 Å². The van der Waals surface area contributed by atoms with Gasteiger partial charge >= 0.3 is 11.9 Å². The van der Waals surface area contributed by atoms with Crippen LogP contribution in [0.1, 0.15) is 26.7 Å². The fourth-order valence-electron chi connectivity index (χ4n) is 2.33. The van der Waals surface area contributed by atoms with Crippen molar-refractivity contribution in [1.82, 2.24) is 10.2 Å². The van der Waals surface area contributed by atoms with Crippen LogP contribution in [0.5, 0.6) is 0 Å². The van der Waals surface area contributed by atoms with Crippen molar-refractivity contribution in [3.63, 3.8) is 0 Å². The smallest absolute Gasteiger partial charge is 0.320 e. The number of likely N-dealkylation sites (tertiary alicyclic amines) is 1. The molecule has 0 bridgehead atoms. The van der Waals surface area contributed by atoms with Gasteiger partial charge in [0.05, 0.1) is 19.2 Å². The first-order valence-corrected chi connectivity index (χ1v) is 6.81. The van der Waals surface area contributed by atoms with Crippen LogP contribution in [0, 0.1) is 5.92 Å². The predicted molar refractivity (Wildman–Crippen MR) is 70.9 cm³/mol. The van der Waals surface area contributed by atoms with Gasteiger partial charge in [0, 0.05) is 6.54 Å². The lowest BCUT2D eigenvalue weighted by Crippen LogP contribution is -2.43. The molecule has 0 aromatic carbocycles. The number of carbonyl (C=O) groups excluding carboxylic acids is 1. The number of aliphatic carboxylic acids is 1. The molecule has 0 saturated carbocycles. The molecule has 0 amide bonds. The van der Waals surface area contributed by atoms with Crippen molar-refractivity contribution in [3.05, 3.63) is 0 Å². The van der Waals surface area contributed by atoms with Gasteiger partial charge in [-0.2, -0.15) is 0 Å². The first-order chi connectivity index (χ1) is 8.97. The lowest BCUT2D eigenvalue weighted by molar-refractivity contribution is -0.149. The van der Waals surface area contributed by atoms with E-state index in [1.807, 2.05) is 13.8 Å². The van der Waals surface area contributed by atoms with Gasteiger partial charge in [-0.1, -0.05) is 0 Å². The summed E-state index contributed by atoms with van der Waals surface area (Å²) in [6.45, 7) is 6.41. The number of esters is 1. The molecule has 1 rings (SSSR count). The summed E-state index contributed by atoms with van der Waals surface area (Å²) in [6.07, 6.45) is 2.03. The van der Waals surface area contributed by atoms with Crippen LogP contribution in [0.15, 0.2) is 0 Å². The molecule has 6 nitrogen and oxygen atoms in total. The number of ether oxygens (including phenoxy) is 1. The van der Waals surface area contributed by atoms with Gasteiger partial charge in [-0.25, -0.2) is 0 Å². The second kappa shape index (κ2) is 8.12. The molecule has 110 valence electrons. The molecule has 0 spiro atoms. The molecule has 0 aromatic rings. The van der Waals surface area contributed by atoms with Crippen molar-refractivity contribution >= 4 is 11.9 Å². The molecule has 0 radical (unpaired) electrons. The number of piperidine rings is 1. The van der Waals surface area contributed by atoms with Crippen molar-refractivity contribution < 1.29 is 19.4 Å². The summed E-state index contributed by atoms with van der Waals surface area (Å²) < 4.78 is 5.13. The van der Waals surface area contributed by atoms with Crippen LogP contribution in [-0.4, -0.2) is 60.8 Å². The van der Waals surface area contributed by atoms with Crippen LogP contribution in [0.3, 0.4) is 0 Å². The van der Waals surface area contributed by atoms with E-state index >= 15 is 0 Å². The summed E-state index contributed by atoms with van der Waals surface area (Å²) in [7, 11) is 0. The first-order valence-electron chi connectivity index (χ1n) is 6.81. The highest BCUT2D eigenvalue weighted by Crippen LogP contribution is 2.15. The highest BCUT2D eigenvalue weighted by Gasteiger charge is 2.22. The highest BCUT2D eigenvalue weighted by atomic mass is 16.5. The first kappa shape index (κ1) is 15.9. The van der Waals surface area contributed by atoms with E-state index in [2.05, 4.69) is 10.2 Å². The Morgan fingerprint density at radius 2 is 2.21 bits per heavy atom. The second-order valence-electron chi connectivity index (χ2n) is 5.31. The van der Waals surface area contributed by atoms with Crippen LogP contribution in [0.25, 0.3) is 0 Å². The van der Waals surface area contributed by atoms with Gasteiger partial charge in [-0.15, -0.1) is 0 Å². The minimum atomic E-state index is -0.840. The summed E-state index contributed by atoms with van der Waals surface area (Å²) >= 11 is 0. The van der Waals surface area contributed by atoms with Gasteiger partial charge < -0.3 is 15.2 Å². The van der Waals surface area contributed by atoms with Gasteiger partial charge in [0.2, 0.25) is 0 Å². The molecule has 1 unspecified atom stereocenters. The Balaban J connectivity index is 2.25. The SMILES string of the molecule is CC(C)OC(=O)CN1CCCC(CNCC(=O)O)C1. The topological polar surface area (TPSA) is 78.9 Å². The molecule has 1 aliphatic rings. The number of carboxylic acid groups (broad SMARTS) is 1. The Bertz CT molecular complexity index is 307. The standard InChI is InChI=1S/C13H24N2O4/c1-10(2)19-13(18)9-15-5-3-4-11(8-15)6-14-7-12(16)17/h10-11,14H,3-9H2,1-2H3,(H,16,17). The molecular formula is C13H24N2O4. The molecule has 1 saturated heterocycles. The monoisotopic (exact) mass is 272 g/mol. The van der Waals surface area contributed by atoms with E-state index in [9.17, 15) is 9.59 Å². The summed E-state index contributed by atoms with van der Waals surface area (Å²) in [5.41, 5.74) is 0. The Labute approximate surface area is 114 Å². The summed E-state index contributed by atoms with van der Waals surface area (Å²) in [4.78, 5) is 24.1. The molecule has 1 atom stereocenters. The zero-order valence-electron chi connectivity index (χ0n) is 11.7. The predicted octanol–water partition coefficient (Wildman–Crippen LogP) is 0.324. The third-order valence-electron chi connectivity index (χ3n) is 3.03. The van der Waals surface area contributed by atoms with Crippen molar-refractivity contribution in [2.24, 2.45) is 5.92 Å². The molecule has 1 fully saturated rings. The van der Waals surface area contributed by atoms with Gasteiger partial charge in [0.1, 0.15) is 0 Å². The van der Waals surface area contributed by atoms with Gasteiger partial charge in [0.15, 0.2) is 0 Å². The minimum absolute atomic E-state index is 0.00804. The van der Waals surface area contributed by atoms with Crippen molar-refractivity contribution in [2.75, 3.05) is 32.7 Å². The highest BCUT2D eigenvalue weighted by molar-refractivity contribution is 5.71. The molecule has 6 heteroatoms. The number of carbonyl (C=O) groups is 2. The fourth-order valence-corrected chi connectivity index (χ4v) is 2.33. The van der Waals surface area contributed by atoms with Crippen molar-refractivity contribution in [3.8, 4) is 0 Å². The van der Waals surface area contributed by atoms with Crippen LogP contribution in [0.2, 0.25) is 0 Å². The lowest BCUT2D eigenvalue weighted by Gasteiger charge is -2.32.